The normalized spacial score (nSPS) is 26.4. The van der Waals surface area contributed by atoms with Crippen LogP contribution in [0.4, 0.5) is 24.7 Å². The number of nitrogens with zero attached hydrogens (tertiary/aromatic N) is 4. The van der Waals surface area contributed by atoms with Gasteiger partial charge >= 0.3 is 6.01 Å². The second-order valence-corrected chi connectivity index (χ2v) is 13.1. The molecule has 3 aromatic carbocycles. The van der Waals surface area contributed by atoms with Crippen LogP contribution in [0.5, 0.6) is 6.01 Å². The van der Waals surface area contributed by atoms with Gasteiger partial charge in [0.15, 0.2) is 5.82 Å². The fourth-order valence-corrected chi connectivity index (χ4v) is 8.24. The number of hydrogen-bond acceptors (Lipinski definition) is 7. The lowest BCUT2D eigenvalue weighted by Gasteiger charge is -2.31. The highest BCUT2D eigenvalue weighted by molar-refractivity contribution is 6.04. The fraction of sp³-hybridized carbons (Fsp3) is 0.429. The topological polar surface area (TPSA) is 79.5 Å². The fourth-order valence-electron chi connectivity index (χ4n) is 8.24. The van der Waals surface area contributed by atoms with Gasteiger partial charge < -0.3 is 20.7 Å². The summed E-state index contributed by atoms with van der Waals surface area (Å²) in [5.74, 6) is 1.89. The highest BCUT2D eigenvalue weighted by Gasteiger charge is 2.49. The number of halogens is 3. The molecule has 2 bridgehead atoms. The van der Waals surface area contributed by atoms with Crippen LogP contribution in [-0.2, 0) is 0 Å². The Morgan fingerprint density at radius 2 is 1.91 bits per heavy atom. The first kappa shape index (κ1) is 28.4. The van der Waals surface area contributed by atoms with Crippen molar-refractivity contribution in [2.45, 2.75) is 62.3 Å². The summed E-state index contributed by atoms with van der Waals surface area (Å²) in [6.45, 7) is 2.97. The first-order valence-corrected chi connectivity index (χ1v) is 15.8. The molecule has 0 radical (unpaired) electrons. The zero-order chi connectivity index (χ0) is 30.9. The number of nitrogens with one attached hydrogen (secondary N) is 1. The molecule has 4 fully saturated rings. The molecule has 0 unspecified atom stereocenters. The van der Waals surface area contributed by atoms with Crippen molar-refractivity contribution >= 4 is 33.2 Å². The van der Waals surface area contributed by atoms with Gasteiger partial charge in [0.1, 0.15) is 29.9 Å². The van der Waals surface area contributed by atoms with E-state index in [1.54, 1.807) is 24.3 Å². The minimum absolute atomic E-state index is 0.0459. The van der Waals surface area contributed by atoms with Crippen LogP contribution in [-0.4, -0.2) is 71.4 Å². The molecule has 0 saturated carbocycles. The molecule has 10 heteroatoms. The van der Waals surface area contributed by atoms with Crippen molar-refractivity contribution < 1.29 is 17.9 Å². The Balaban J connectivity index is 1.27. The summed E-state index contributed by atoms with van der Waals surface area (Å²) in [5.41, 5.74) is 6.96. The lowest BCUT2D eigenvalue weighted by atomic mass is 9.92. The van der Waals surface area contributed by atoms with E-state index in [0.29, 0.717) is 58.3 Å². The summed E-state index contributed by atoms with van der Waals surface area (Å²) in [6.07, 6.45) is 10.2. The van der Waals surface area contributed by atoms with Crippen LogP contribution in [0, 0.1) is 24.0 Å². The van der Waals surface area contributed by atoms with Crippen molar-refractivity contribution in [1.82, 2.24) is 20.2 Å². The van der Waals surface area contributed by atoms with E-state index in [2.05, 4.69) is 26.0 Å². The van der Waals surface area contributed by atoms with Crippen LogP contribution >= 0.6 is 0 Å². The SMILES string of the molecule is C#Cc1c(F)ccc2cc(N)cc(-c3ccc4c(N5CC[C@H]6CC[C@@H](C5)N6)nc(OC[C@@]56CCCN5C[C@H](F)C6)nc4c3F)c12. The van der Waals surface area contributed by atoms with E-state index in [1.807, 2.05) is 6.07 Å². The third-order valence-corrected chi connectivity index (χ3v) is 10.3. The maximum absolute atomic E-state index is 16.9. The number of ether oxygens (including phenoxy) is 1. The molecular formula is C35H35F3N6O. The number of hydrogen-bond donors (Lipinski definition) is 2. The van der Waals surface area contributed by atoms with Crippen LogP contribution in [0.2, 0.25) is 0 Å². The summed E-state index contributed by atoms with van der Waals surface area (Å²) in [5, 5.41) is 5.28. The van der Waals surface area contributed by atoms with Crippen molar-refractivity contribution in [1.29, 1.82) is 0 Å². The van der Waals surface area contributed by atoms with Gasteiger partial charge in [0.2, 0.25) is 0 Å². The zero-order valence-corrected chi connectivity index (χ0v) is 25.0. The first-order chi connectivity index (χ1) is 21.8. The monoisotopic (exact) mass is 612 g/mol. The third-order valence-electron chi connectivity index (χ3n) is 10.3. The molecule has 4 aliphatic rings. The second kappa shape index (κ2) is 10.8. The largest absolute Gasteiger partial charge is 0.461 e. The van der Waals surface area contributed by atoms with E-state index in [4.69, 9.17) is 21.9 Å². The summed E-state index contributed by atoms with van der Waals surface area (Å²) in [7, 11) is 0. The predicted molar refractivity (Wildman–Crippen MR) is 170 cm³/mol. The van der Waals surface area contributed by atoms with Gasteiger partial charge in [-0.15, -0.1) is 6.42 Å². The molecule has 232 valence electrons. The Morgan fingerprint density at radius 3 is 2.78 bits per heavy atom. The molecule has 4 aromatic rings. The molecule has 0 aliphatic carbocycles. The number of aromatic nitrogens is 2. The van der Waals surface area contributed by atoms with Gasteiger partial charge in [-0.25, -0.2) is 13.2 Å². The molecule has 4 saturated heterocycles. The summed E-state index contributed by atoms with van der Waals surface area (Å²) >= 11 is 0. The Morgan fingerprint density at radius 1 is 1.04 bits per heavy atom. The predicted octanol–water partition coefficient (Wildman–Crippen LogP) is 5.58. The number of nitrogen functional groups attached to an aromatic ring is 1. The summed E-state index contributed by atoms with van der Waals surface area (Å²) < 4.78 is 52.5. The average Bonchev–Trinajstić information content (AvgIpc) is 3.66. The van der Waals surface area contributed by atoms with Gasteiger partial charge in [-0.2, -0.15) is 9.97 Å². The Bertz CT molecular complexity index is 1880. The van der Waals surface area contributed by atoms with Gasteiger partial charge in [-0.3, -0.25) is 4.90 Å². The van der Waals surface area contributed by atoms with Crippen LogP contribution in [0.25, 0.3) is 32.8 Å². The van der Waals surface area contributed by atoms with Crippen LogP contribution in [0.15, 0.2) is 36.4 Å². The van der Waals surface area contributed by atoms with Gasteiger partial charge in [-0.1, -0.05) is 18.1 Å². The molecule has 8 rings (SSSR count). The molecular weight excluding hydrogens is 577 g/mol. The number of nitrogens with two attached hydrogens (primary N) is 1. The van der Waals surface area contributed by atoms with Crippen LogP contribution in [0.3, 0.4) is 0 Å². The number of rotatable bonds is 5. The minimum Gasteiger partial charge on any atom is -0.461 e. The maximum Gasteiger partial charge on any atom is 0.319 e. The molecule has 0 amide bonds. The second-order valence-electron chi connectivity index (χ2n) is 13.1. The first-order valence-electron chi connectivity index (χ1n) is 15.8. The van der Waals surface area contributed by atoms with Crippen molar-refractivity contribution in [3.05, 3.63) is 53.6 Å². The van der Waals surface area contributed by atoms with Crippen molar-refractivity contribution in [2.24, 2.45) is 0 Å². The van der Waals surface area contributed by atoms with Gasteiger partial charge in [0.25, 0.3) is 0 Å². The summed E-state index contributed by atoms with van der Waals surface area (Å²) in [6, 6.07) is 10.5. The van der Waals surface area contributed by atoms with Crippen LogP contribution in [0.1, 0.15) is 44.1 Å². The Labute approximate surface area is 259 Å². The average molecular weight is 613 g/mol. The van der Waals surface area contributed by atoms with E-state index >= 15 is 4.39 Å². The van der Waals surface area contributed by atoms with Gasteiger partial charge in [-0.05, 0) is 73.9 Å². The third kappa shape index (κ3) is 4.75. The highest BCUT2D eigenvalue weighted by atomic mass is 19.1. The number of benzene rings is 3. The smallest absolute Gasteiger partial charge is 0.319 e. The number of fused-ring (bicyclic) bond motifs is 5. The minimum atomic E-state index is -0.895. The van der Waals surface area contributed by atoms with E-state index in [1.165, 1.54) is 6.07 Å². The zero-order valence-electron chi connectivity index (χ0n) is 25.0. The molecule has 4 aliphatic heterocycles. The quantitative estimate of drug-likeness (QED) is 0.225. The number of alkyl halides is 1. The van der Waals surface area contributed by atoms with Crippen molar-refractivity contribution in [3.63, 3.8) is 0 Å². The molecule has 1 aromatic heterocycles. The van der Waals surface area contributed by atoms with Crippen molar-refractivity contribution in [2.75, 3.05) is 43.4 Å². The Hall–Kier alpha value is -4.07. The van der Waals surface area contributed by atoms with Gasteiger partial charge in [0, 0.05) is 60.2 Å². The molecule has 7 nitrogen and oxygen atoms in total. The van der Waals surface area contributed by atoms with Gasteiger partial charge in [0.05, 0.1) is 11.1 Å². The molecule has 5 heterocycles. The number of anilines is 2. The van der Waals surface area contributed by atoms with E-state index < -0.39 is 23.3 Å². The highest BCUT2D eigenvalue weighted by Crippen LogP contribution is 2.42. The maximum atomic E-state index is 16.9. The standard InChI is InChI=1S/C35H35F3N6O/c1-2-25-29(37)9-4-20-14-22(39)15-28(30(20)25)26-7-8-27-32(31(26)38)41-34(45-19-35-11-3-12-44(35)17-21(36)16-35)42-33(27)43-13-10-23-5-6-24(18-43)40-23/h1,4,7-9,14-15,21,23-24,40H,3,5-6,10-13,16-19,39H2/t21-,23-,24+,35+/m1/s1. The molecule has 3 N–H and O–H groups in total. The molecule has 4 atom stereocenters. The lowest BCUT2D eigenvalue weighted by molar-refractivity contribution is 0.107. The molecule has 45 heavy (non-hydrogen) atoms. The van der Waals surface area contributed by atoms with E-state index in [9.17, 15) is 8.78 Å². The summed E-state index contributed by atoms with van der Waals surface area (Å²) in [4.78, 5) is 13.9. The Kier molecular flexibility index (Phi) is 6.80. The van der Waals surface area contributed by atoms with E-state index in [-0.39, 0.29) is 29.3 Å². The number of terminal acetylenes is 1. The van der Waals surface area contributed by atoms with E-state index in [0.717, 1.165) is 51.7 Å². The van der Waals surface area contributed by atoms with Crippen molar-refractivity contribution in [3.8, 4) is 29.5 Å². The molecule has 0 spiro atoms. The lowest BCUT2D eigenvalue weighted by Crippen LogP contribution is -2.43. The van der Waals surface area contributed by atoms with Crippen LogP contribution < -0.4 is 20.7 Å².